The van der Waals surface area contributed by atoms with Crippen molar-refractivity contribution in [3.05, 3.63) is 42.3 Å². The Morgan fingerprint density at radius 3 is 3.04 bits per heavy atom. The molecule has 4 heterocycles. The van der Waals surface area contributed by atoms with E-state index in [0.717, 1.165) is 25.2 Å². The fourth-order valence-corrected chi connectivity index (χ4v) is 3.27. The van der Waals surface area contributed by atoms with Gasteiger partial charge in [-0.1, -0.05) is 5.16 Å². The van der Waals surface area contributed by atoms with E-state index in [1.54, 1.807) is 41.2 Å². The van der Waals surface area contributed by atoms with E-state index in [0.29, 0.717) is 29.8 Å². The zero-order chi connectivity index (χ0) is 18.8. The summed E-state index contributed by atoms with van der Waals surface area (Å²) in [6.45, 7) is 4.22. The van der Waals surface area contributed by atoms with E-state index in [1.807, 2.05) is 13.0 Å². The minimum atomic E-state index is -0.157. The third-order valence-electron chi connectivity index (χ3n) is 4.78. The van der Waals surface area contributed by atoms with Gasteiger partial charge in [0.2, 0.25) is 11.7 Å². The molecule has 1 fully saturated rings. The van der Waals surface area contributed by atoms with Gasteiger partial charge >= 0.3 is 0 Å². The molecule has 140 valence electrons. The lowest BCUT2D eigenvalue weighted by Crippen LogP contribution is -2.32. The van der Waals surface area contributed by atoms with Crippen molar-refractivity contribution in [2.45, 2.75) is 19.3 Å². The first-order valence-electron chi connectivity index (χ1n) is 8.97. The number of hydrogen-bond acceptors (Lipinski definition) is 7. The molecule has 1 aliphatic heterocycles. The maximum atomic E-state index is 13.0. The van der Waals surface area contributed by atoms with Gasteiger partial charge in [0, 0.05) is 26.3 Å². The zero-order valence-electron chi connectivity index (χ0n) is 15.3. The Balaban J connectivity index is 1.61. The van der Waals surface area contributed by atoms with Gasteiger partial charge in [-0.05, 0) is 32.0 Å². The largest absolute Gasteiger partial charge is 0.339 e. The summed E-state index contributed by atoms with van der Waals surface area (Å²) in [4.78, 5) is 27.6. The van der Waals surface area contributed by atoms with Crippen molar-refractivity contribution >= 4 is 11.6 Å². The van der Waals surface area contributed by atoms with Gasteiger partial charge < -0.3 is 19.3 Å². The summed E-state index contributed by atoms with van der Waals surface area (Å²) in [5.74, 6) is 1.57. The predicted molar refractivity (Wildman–Crippen MR) is 98.3 cm³/mol. The summed E-state index contributed by atoms with van der Waals surface area (Å²) >= 11 is 0. The number of imidazole rings is 1. The van der Waals surface area contributed by atoms with Gasteiger partial charge in [0.25, 0.3) is 5.91 Å². The highest BCUT2D eigenvalue weighted by atomic mass is 16.5. The number of anilines is 1. The van der Waals surface area contributed by atoms with E-state index in [4.69, 9.17) is 4.52 Å². The first kappa shape index (κ1) is 17.3. The van der Waals surface area contributed by atoms with E-state index >= 15 is 0 Å². The summed E-state index contributed by atoms with van der Waals surface area (Å²) < 4.78 is 7.10. The smallest absolute Gasteiger partial charge is 0.276 e. The Morgan fingerprint density at radius 1 is 1.44 bits per heavy atom. The van der Waals surface area contributed by atoms with Gasteiger partial charge in [0.15, 0.2) is 5.82 Å². The standard InChI is InChI=1S/C18H21N7O2/c1-3-25(13-5-4-7-19-10-13)18(26)14-11-21-16(24(14)2)15-22-17(27-23-15)12-6-8-20-9-12/h4-5,7,10-12,20H,3,6,8-9H2,1-2H3. The number of carbonyl (C=O) groups excluding carboxylic acids is 1. The normalized spacial score (nSPS) is 16.6. The Kier molecular flexibility index (Phi) is 4.68. The second kappa shape index (κ2) is 7.28. The SMILES string of the molecule is CCN(C(=O)c1cnc(-c2noc(C3CCNC3)n2)n1C)c1cccnc1. The zero-order valence-corrected chi connectivity index (χ0v) is 15.3. The number of nitrogens with zero attached hydrogens (tertiary/aromatic N) is 6. The van der Waals surface area contributed by atoms with Crippen LogP contribution in [0.25, 0.3) is 11.6 Å². The van der Waals surface area contributed by atoms with Gasteiger partial charge in [0.1, 0.15) is 5.69 Å². The van der Waals surface area contributed by atoms with Crippen LogP contribution < -0.4 is 10.2 Å². The molecule has 0 aliphatic carbocycles. The molecule has 1 N–H and O–H groups in total. The summed E-state index contributed by atoms with van der Waals surface area (Å²) in [5, 5.41) is 7.34. The number of nitrogens with one attached hydrogen (secondary N) is 1. The molecule has 3 aromatic rings. The van der Waals surface area contributed by atoms with E-state index < -0.39 is 0 Å². The van der Waals surface area contributed by atoms with Gasteiger partial charge in [-0.25, -0.2) is 4.98 Å². The first-order chi connectivity index (χ1) is 13.2. The van der Waals surface area contributed by atoms with Gasteiger partial charge in [-0.2, -0.15) is 4.98 Å². The molecule has 0 bridgehead atoms. The highest BCUT2D eigenvalue weighted by Gasteiger charge is 2.26. The Hall–Kier alpha value is -3.07. The first-order valence-corrected chi connectivity index (χ1v) is 8.97. The van der Waals surface area contributed by atoms with Crippen LogP contribution in [0.2, 0.25) is 0 Å². The van der Waals surface area contributed by atoms with Crippen molar-refractivity contribution in [1.29, 1.82) is 0 Å². The molecule has 9 nitrogen and oxygen atoms in total. The second-order valence-electron chi connectivity index (χ2n) is 6.43. The highest BCUT2D eigenvalue weighted by Crippen LogP contribution is 2.24. The number of rotatable bonds is 5. The van der Waals surface area contributed by atoms with Crippen LogP contribution in [0.4, 0.5) is 5.69 Å². The Bertz CT molecular complexity index is 928. The lowest BCUT2D eigenvalue weighted by Gasteiger charge is -2.20. The molecule has 1 atom stereocenters. The molecule has 4 rings (SSSR count). The number of pyridine rings is 1. The van der Waals surface area contributed by atoms with Crippen molar-refractivity contribution in [2.75, 3.05) is 24.5 Å². The van der Waals surface area contributed by atoms with Gasteiger partial charge in [-0.3, -0.25) is 9.78 Å². The monoisotopic (exact) mass is 367 g/mol. The molecule has 1 unspecified atom stereocenters. The average Bonchev–Trinajstić information content (AvgIpc) is 3.43. The fourth-order valence-electron chi connectivity index (χ4n) is 3.27. The number of amides is 1. The number of aromatic nitrogens is 5. The molecule has 0 radical (unpaired) electrons. The summed E-state index contributed by atoms with van der Waals surface area (Å²) in [6.07, 6.45) is 5.86. The van der Waals surface area contributed by atoms with Gasteiger partial charge in [0.05, 0.1) is 24.0 Å². The summed E-state index contributed by atoms with van der Waals surface area (Å²) in [5.41, 5.74) is 1.19. The third kappa shape index (κ3) is 3.21. The van der Waals surface area contributed by atoms with E-state index in [-0.39, 0.29) is 11.8 Å². The van der Waals surface area contributed by atoms with Crippen LogP contribution in [-0.4, -0.2) is 50.2 Å². The lowest BCUT2D eigenvalue weighted by molar-refractivity contribution is 0.0980. The molecule has 1 saturated heterocycles. The van der Waals surface area contributed by atoms with Crippen LogP contribution in [-0.2, 0) is 7.05 Å². The summed E-state index contributed by atoms with van der Waals surface area (Å²) in [6, 6.07) is 3.66. The predicted octanol–water partition coefficient (Wildman–Crippen LogP) is 1.61. The average molecular weight is 367 g/mol. The van der Waals surface area contributed by atoms with Crippen molar-refractivity contribution in [3.63, 3.8) is 0 Å². The molecule has 27 heavy (non-hydrogen) atoms. The van der Waals surface area contributed by atoms with Crippen LogP contribution in [0, 0.1) is 0 Å². The molecular weight excluding hydrogens is 346 g/mol. The Morgan fingerprint density at radius 2 is 2.33 bits per heavy atom. The lowest BCUT2D eigenvalue weighted by atomic mass is 10.1. The second-order valence-corrected chi connectivity index (χ2v) is 6.43. The van der Waals surface area contributed by atoms with Crippen molar-refractivity contribution < 1.29 is 9.32 Å². The number of hydrogen-bond donors (Lipinski definition) is 1. The minimum absolute atomic E-state index is 0.157. The third-order valence-corrected chi connectivity index (χ3v) is 4.78. The highest BCUT2D eigenvalue weighted by molar-refractivity contribution is 6.05. The minimum Gasteiger partial charge on any atom is -0.339 e. The molecule has 0 aromatic carbocycles. The van der Waals surface area contributed by atoms with E-state index in [9.17, 15) is 4.79 Å². The van der Waals surface area contributed by atoms with Crippen LogP contribution >= 0.6 is 0 Å². The van der Waals surface area contributed by atoms with Crippen molar-refractivity contribution in [2.24, 2.45) is 7.05 Å². The molecular formula is C18H21N7O2. The van der Waals surface area contributed by atoms with Crippen LogP contribution in [0.5, 0.6) is 0 Å². The molecule has 0 saturated carbocycles. The molecule has 0 spiro atoms. The van der Waals surface area contributed by atoms with Crippen LogP contribution in [0.1, 0.15) is 35.6 Å². The molecule has 9 heteroatoms. The Labute approximate surface area is 156 Å². The molecule has 1 amide bonds. The van der Waals surface area contributed by atoms with Crippen LogP contribution in [0.15, 0.2) is 35.2 Å². The van der Waals surface area contributed by atoms with Crippen LogP contribution in [0.3, 0.4) is 0 Å². The molecule has 3 aromatic heterocycles. The molecule has 1 aliphatic rings. The number of carbonyl (C=O) groups is 1. The summed E-state index contributed by atoms with van der Waals surface area (Å²) in [7, 11) is 1.78. The fraction of sp³-hybridized carbons (Fsp3) is 0.389. The topological polar surface area (TPSA) is 102 Å². The van der Waals surface area contributed by atoms with E-state index in [1.165, 1.54) is 0 Å². The van der Waals surface area contributed by atoms with Gasteiger partial charge in [-0.15, -0.1) is 0 Å². The van der Waals surface area contributed by atoms with Crippen molar-refractivity contribution in [1.82, 2.24) is 30.0 Å². The quantitative estimate of drug-likeness (QED) is 0.731. The van der Waals surface area contributed by atoms with Crippen molar-refractivity contribution in [3.8, 4) is 11.6 Å². The van der Waals surface area contributed by atoms with E-state index in [2.05, 4.69) is 25.4 Å². The maximum Gasteiger partial charge on any atom is 0.276 e. The maximum absolute atomic E-state index is 13.0.